The van der Waals surface area contributed by atoms with Crippen LogP contribution in [0.1, 0.15) is 38.5 Å². The molecule has 1 aliphatic heterocycles. The van der Waals surface area contributed by atoms with Crippen LogP contribution in [-0.4, -0.2) is 53.2 Å². The summed E-state index contributed by atoms with van der Waals surface area (Å²) in [5, 5.41) is 11.0. The molecule has 2 aliphatic rings. The van der Waals surface area contributed by atoms with Crippen molar-refractivity contribution in [2.45, 2.75) is 56.8 Å². The molecule has 8 heteroatoms. The van der Waals surface area contributed by atoms with Gasteiger partial charge in [0.2, 0.25) is 11.8 Å². The van der Waals surface area contributed by atoms with E-state index < -0.39 is 30.7 Å². The quantitative estimate of drug-likeness (QED) is 0.817. The summed E-state index contributed by atoms with van der Waals surface area (Å²) in [5.41, 5.74) is 0. The van der Waals surface area contributed by atoms with E-state index in [0.29, 0.717) is 0 Å². The van der Waals surface area contributed by atoms with Gasteiger partial charge in [-0.25, -0.2) is 0 Å². The molecule has 2 fully saturated rings. The molecule has 0 spiro atoms. The van der Waals surface area contributed by atoms with Crippen LogP contribution in [0.25, 0.3) is 0 Å². The molecule has 22 heavy (non-hydrogen) atoms. The molecule has 1 saturated carbocycles. The van der Waals surface area contributed by atoms with E-state index in [1.54, 1.807) is 4.90 Å². The largest absolute Gasteiger partial charge is 0.416 e. The fourth-order valence-corrected chi connectivity index (χ4v) is 3.11. The SMILES string of the molecule is O=C(NCC(O)C(F)(F)F)C1CC(=O)N(C2CCCCC2)C1. The summed E-state index contributed by atoms with van der Waals surface area (Å²) < 4.78 is 36.5. The lowest BCUT2D eigenvalue weighted by atomic mass is 9.94. The molecule has 2 amide bonds. The van der Waals surface area contributed by atoms with E-state index in [0.717, 1.165) is 32.1 Å². The van der Waals surface area contributed by atoms with Gasteiger partial charge in [0.25, 0.3) is 0 Å². The van der Waals surface area contributed by atoms with Gasteiger partial charge in [-0.05, 0) is 12.8 Å². The van der Waals surface area contributed by atoms with Crippen molar-refractivity contribution in [3.63, 3.8) is 0 Å². The maximum atomic E-state index is 12.2. The predicted octanol–water partition coefficient (Wildman–Crippen LogP) is 1.21. The minimum Gasteiger partial charge on any atom is -0.382 e. The number of amides is 2. The van der Waals surface area contributed by atoms with Gasteiger partial charge in [0.15, 0.2) is 6.10 Å². The van der Waals surface area contributed by atoms with Crippen molar-refractivity contribution in [2.75, 3.05) is 13.1 Å². The Morgan fingerprint density at radius 2 is 1.95 bits per heavy atom. The number of rotatable bonds is 4. The molecule has 2 atom stereocenters. The first kappa shape index (κ1) is 17.1. The highest BCUT2D eigenvalue weighted by atomic mass is 19.4. The Hall–Kier alpha value is -1.31. The summed E-state index contributed by atoms with van der Waals surface area (Å²) in [7, 11) is 0. The van der Waals surface area contributed by atoms with Crippen molar-refractivity contribution in [3.05, 3.63) is 0 Å². The van der Waals surface area contributed by atoms with Crippen LogP contribution >= 0.6 is 0 Å². The second kappa shape index (κ2) is 6.85. The lowest BCUT2D eigenvalue weighted by molar-refractivity contribution is -0.202. The molecule has 0 aromatic heterocycles. The number of likely N-dealkylation sites (tertiary alicyclic amines) is 1. The van der Waals surface area contributed by atoms with Crippen molar-refractivity contribution >= 4 is 11.8 Å². The van der Waals surface area contributed by atoms with E-state index in [1.165, 1.54) is 0 Å². The number of aliphatic hydroxyl groups is 1. The maximum Gasteiger partial charge on any atom is 0.416 e. The summed E-state index contributed by atoms with van der Waals surface area (Å²) in [6, 6.07) is 0.153. The van der Waals surface area contributed by atoms with Gasteiger partial charge in [-0.15, -0.1) is 0 Å². The van der Waals surface area contributed by atoms with E-state index in [9.17, 15) is 22.8 Å². The van der Waals surface area contributed by atoms with Crippen molar-refractivity contribution in [1.29, 1.82) is 0 Å². The summed E-state index contributed by atoms with van der Waals surface area (Å²) in [6.07, 6.45) is -2.19. The van der Waals surface area contributed by atoms with Crippen LogP contribution in [0.4, 0.5) is 13.2 Å². The molecule has 2 unspecified atom stereocenters. The van der Waals surface area contributed by atoms with Crippen LogP contribution in [0.15, 0.2) is 0 Å². The number of hydrogen-bond acceptors (Lipinski definition) is 3. The molecule has 0 aromatic rings. The van der Waals surface area contributed by atoms with Crippen LogP contribution in [0, 0.1) is 5.92 Å². The molecule has 0 aromatic carbocycles. The summed E-state index contributed by atoms with van der Waals surface area (Å²) in [5.74, 6) is -1.34. The molecule has 1 heterocycles. The number of nitrogens with zero attached hydrogens (tertiary/aromatic N) is 1. The third-order valence-electron chi connectivity index (χ3n) is 4.39. The fourth-order valence-electron chi connectivity index (χ4n) is 3.11. The van der Waals surface area contributed by atoms with E-state index in [-0.39, 0.29) is 24.9 Å². The zero-order valence-corrected chi connectivity index (χ0v) is 12.2. The molecular formula is C14H21F3N2O3. The summed E-state index contributed by atoms with van der Waals surface area (Å²) in [4.78, 5) is 25.6. The topological polar surface area (TPSA) is 69.6 Å². The van der Waals surface area contributed by atoms with Gasteiger partial charge >= 0.3 is 6.18 Å². The Labute approximate surface area is 126 Å². The second-order valence-electron chi connectivity index (χ2n) is 6.04. The van der Waals surface area contributed by atoms with Crippen LogP contribution in [0.2, 0.25) is 0 Å². The van der Waals surface area contributed by atoms with Crippen LogP contribution < -0.4 is 5.32 Å². The number of aliphatic hydroxyl groups excluding tert-OH is 1. The highest BCUT2D eigenvalue weighted by Gasteiger charge is 2.41. The molecule has 0 radical (unpaired) electrons. The molecular weight excluding hydrogens is 301 g/mol. The van der Waals surface area contributed by atoms with Gasteiger partial charge in [-0.2, -0.15) is 13.2 Å². The lowest BCUT2D eigenvalue weighted by Gasteiger charge is -2.31. The summed E-state index contributed by atoms with van der Waals surface area (Å²) >= 11 is 0. The monoisotopic (exact) mass is 322 g/mol. The Morgan fingerprint density at radius 3 is 2.55 bits per heavy atom. The minimum absolute atomic E-state index is 0.0322. The van der Waals surface area contributed by atoms with Gasteiger partial charge in [0.05, 0.1) is 12.5 Å². The summed E-state index contributed by atoms with van der Waals surface area (Å²) in [6.45, 7) is -0.617. The Kier molecular flexibility index (Phi) is 5.31. The van der Waals surface area contributed by atoms with Gasteiger partial charge in [-0.1, -0.05) is 19.3 Å². The van der Waals surface area contributed by atoms with E-state index in [4.69, 9.17) is 5.11 Å². The average molecular weight is 322 g/mol. The van der Waals surface area contributed by atoms with Gasteiger partial charge in [0, 0.05) is 19.0 Å². The van der Waals surface area contributed by atoms with E-state index >= 15 is 0 Å². The van der Waals surface area contributed by atoms with Gasteiger partial charge < -0.3 is 15.3 Å². The standard InChI is InChI=1S/C14H21F3N2O3/c15-14(16,17)11(20)7-18-13(22)9-6-12(21)19(8-9)10-4-2-1-3-5-10/h9-11,20H,1-8H2,(H,18,22). The van der Waals surface area contributed by atoms with Crippen LogP contribution in [-0.2, 0) is 9.59 Å². The van der Waals surface area contributed by atoms with Crippen molar-refractivity contribution < 1.29 is 27.9 Å². The average Bonchev–Trinajstić information content (AvgIpc) is 2.86. The van der Waals surface area contributed by atoms with Gasteiger partial charge in [0.1, 0.15) is 0 Å². The van der Waals surface area contributed by atoms with E-state index in [2.05, 4.69) is 5.32 Å². The molecule has 5 nitrogen and oxygen atoms in total. The van der Waals surface area contributed by atoms with Crippen LogP contribution in [0.3, 0.4) is 0 Å². The molecule has 0 bridgehead atoms. The molecule has 2 N–H and O–H groups in total. The Morgan fingerprint density at radius 1 is 1.32 bits per heavy atom. The fraction of sp³-hybridized carbons (Fsp3) is 0.857. The first-order valence-corrected chi connectivity index (χ1v) is 7.61. The van der Waals surface area contributed by atoms with Crippen LogP contribution in [0.5, 0.6) is 0 Å². The first-order valence-electron chi connectivity index (χ1n) is 7.61. The number of halogens is 3. The molecule has 2 rings (SSSR count). The molecule has 1 saturated heterocycles. The van der Waals surface area contributed by atoms with Crippen molar-refractivity contribution in [3.8, 4) is 0 Å². The first-order chi connectivity index (χ1) is 10.3. The number of alkyl halides is 3. The number of hydrogen-bond donors (Lipinski definition) is 2. The zero-order chi connectivity index (χ0) is 16.3. The van der Waals surface area contributed by atoms with Crippen molar-refractivity contribution in [2.24, 2.45) is 5.92 Å². The second-order valence-corrected chi connectivity index (χ2v) is 6.04. The number of carbonyl (C=O) groups is 2. The lowest BCUT2D eigenvalue weighted by Crippen LogP contribution is -2.43. The third-order valence-corrected chi connectivity index (χ3v) is 4.39. The zero-order valence-electron chi connectivity index (χ0n) is 12.2. The Balaban J connectivity index is 1.83. The molecule has 126 valence electrons. The third kappa shape index (κ3) is 4.12. The van der Waals surface area contributed by atoms with E-state index in [1.807, 2.05) is 0 Å². The molecule has 1 aliphatic carbocycles. The van der Waals surface area contributed by atoms with Crippen molar-refractivity contribution in [1.82, 2.24) is 10.2 Å². The highest BCUT2D eigenvalue weighted by Crippen LogP contribution is 2.28. The smallest absolute Gasteiger partial charge is 0.382 e. The minimum atomic E-state index is -4.76. The highest BCUT2D eigenvalue weighted by molar-refractivity contribution is 5.89. The van der Waals surface area contributed by atoms with Gasteiger partial charge in [-0.3, -0.25) is 9.59 Å². The number of carbonyl (C=O) groups excluding carboxylic acids is 2. The maximum absolute atomic E-state index is 12.2. The normalized spacial score (nSPS) is 25.4. The number of nitrogens with one attached hydrogen (secondary N) is 1. The predicted molar refractivity (Wildman–Crippen MR) is 71.8 cm³/mol. The Bertz CT molecular complexity index is 422.